The van der Waals surface area contributed by atoms with E-state index in [1.807, 2.05) is 0 Å². The van der Waals surface area contributed by atoms with Crippen molar-refractivity contribution >= 4 is 17.0 Å². The molecule has 158 valence electrons. The number of nitrogens with zero attached hydrogens (tertiary/aromatic N) is 2. The molecule has 3 rings (SSSR count). The Kier molecular flexibility index (Phi) is 6.26. The van der Waals surface area contributed by atoms with Crippen molar-refractivity contribution in [3.8, 4) is 50.6 Å². The van der Waals surface area contributed by atoms with Crippen LogP contribution < -0.4 is 23.7 Å². The maximum atomic E-state index is 11.6. The second kappa shape index (κ2) is 8.87. The number of methoxy groups -OCH3 is 5. The third-order valence-electron chi connectivity index (χ3n) is 4.41. The van der Waals surface area contributed by atoms with Crippen molar-refractivity contribution in [2.24, 2.45) is 0 Å². The standard InChI is InChI=1S/C20H20N2O7S/c1-25-15-9-19(29-5)17(27-3)7-12(15)20-21-13(10-30-20)11-6-16(26-2)18(28-4)8-14(11)22(23)24/h6-10H,1-5H3. The van der Waals surface area contributed by atoms with Crippen molar-refractivity contribution in [2.75, 3.05) is 35.5 Å². The van der Waals surface area contributed by atoms with E-state index in [4.69, 9.17) is 23.7 Å². The first kappa shape index (κ1) is 21.2. The SMILES string of the molecule is COc1cc(OC)c(-c2nc(-c3cc(OC)c(OC)cc3[N+](=O)[O-])cs2)cc1OC. The molecule has 0 amide bonds. The summed E-state index contributed by atoms with van der Waals surface area (Å²) in [6.07, 6.45) is 0. The van der Waals surface area contributed by atoms with Gasteiger partial charge in [0.2, 0.25) is 0 Å². The highest BCUT2D eigenvalue weighted by atomic mass is 32.1. The molecule has 1 heterocycles. The maximum Gasteiger partial charge on any atom is 0.282 e. The van der Waals surface area contributed by atoms with E-state index in [0.29, 0.717) is 44.8 Å². The van der Waals surface area contributed by atoms with Crippen LogP contribution in [0.5, 0.6) is 28.7 Å². The van der Waals surface area contributed by atoms with Gasteiger partial charge in [0.25, 0.3) is 5.69 Å². The molecule has 0 fully saturated rings. The Balaban J connectivity index is 2.15. The summed E-state index contributed by atoms with van der Waals surface area (Å²) >= 11 is 1.32. The Morgan fingerprint density at radius 1 is 0.767 bits per heavy atom. The molecule has 0 radical (unpaired) electrons. The number of thiazole rings is 1. The number of rotatable bonds is 8. The second-order valence-electron chi connectivity index (χ2n) is 5.93. The number of benzene rings is 2. The van der Waals surface area contributed by atoms with Gasteiger partial charge in [0.1, 0.15) is 10.8 Å². The zero-order chi connectivity index (χ0) is 21.8. The van der Waals surface area contributed by atoms with E-state index >= 15 is 0 Å². The van der Waals surface area contributed by atoms with Crippen molar-refractivity contribution in [1.82, 2.24) is 4.98 Å². The third kappa shape index (κ3) is 3.81. The van der Waals surface area contributed by atoms with Crippen LogP contribution in [0.25, 0.3) is 21.8 Å². The van der Waals surface area contributed by atoms with Gasteiger partial charge in [0.05, 0.1) is 63.4 Å². The van der Waals surface area contributed by atoms with Crippen molar-refractivity contribution in [2.45, 2.75) is 0 Å². The van der Waals surface area contributed by atoms with Gasteiger partial charge in [-0.05, 0) is 6.07 Å². The van der Waals surface area contributed by atoms with E-state index in [9.17, 15) is 10.1 Å². The minimum Gasteiger partial charge on any atom is -0.496 e. The molecule has 0 saturated carbocycles. The predicted molar refractivity (Wildman–Crippen MR) is 112 cm³/mol. The van der Waals surface area contributed by atoms with Gasteiger partial charge >= 0.3 is 0 Å². The largest absolute Gasteiger partial charge is 0.496 e. The fourth-order valence-electron chi connectivity index (χ4n) is 2.94. The Labute approximate surface area is 176 Å². The molecule has 0 aliphatic carbocycles. The van der Waals surface area contributed by atoms with Gasteiger partial charge in [-0.15, -0.1) is 11.3 Å². The molecular weight excluding hydrogens is 412 g/mol. The first-order valence-electron chi connectivity index (χ1n) is 8.64. The molecule has 0 aliphatic heterocycles. The minimum absolute atomic E-state index is 0.135. The number of hydrogen-bond acceptors (Lipinski definition) is 9. The molecule has 0 unspecified atom stereocenters. The lowest BCUT2D eigenvalue weighted by atomic mass is 10.1. The van der Waals surface area contributed by atoms with Crippen molar-refractivity contribution < 1.29 is 28.6 Å². The van der Waals surface area contributed by atoms with E-state index in [1.165, 1.54) is 45.8 Å². The minimum atomic E-state index is -0.479. The number of nitro groups is 1. The summed E-state index contributed by atoms with van der Waals surface area (Å²) in [6.45, 7) is 0. The smallest absolute Gasteiger partial charge is 0.282 e. The summed E-state index contributed by atoms with van der Waals surface area (Å²) in [7, 11) is 7.50. The van der Waals surface area contributed by atoms with Gasteiger partial charge in [0.15, 0.2) is 23.0 Å². The van der Waals surface area contributed by atoms with E-state index < -0.39 is 4.92 Å². The van der Waals surface area contributed by atoms with Crippen LogP contribution in [-0.4, -0.2) is 45.5 Å². The number of aromatic nitrogens is 1. The zero-order valence-electron chi connectivity index (χ0n) is 17.0. The van der Waals surface area contributed by atoms with Gasteiger partial charge in [-0.25, -0.2) is 4.98 Å². The van der Waals surface area contributed by atoms with Crippen molar-refractivity contribution in [3.05, 3.63) is 39.8 Å². The van der Waals surface area contributed by atoms with Crippen LogP contribution in [0, 0.1) is 10.1 Å². The van der Waals surface area contributed by atoms with E-state index in [0.717, 1.165) is 0 Å². The Morgan fingerprint density at radius 3 is 1.80 bits per heavy atom. The van der Waals surface area contributed by atoms with E-state index in [-0.39, 0.29) is 11.4 Å². The molecule has 1 aromatic heterocycles. The van der Waals surface area contributed by atoms with Crippen LogP contribution in [0.4, 0.5) is 5.69 Å². The number of nitro benzene ring substituents is 1. The maximum absolute atomic E-state index is 11.6. The summed E-state index contributed by atoms with van der Waals surface area (Å²) in [5.74, 6) is 2.21. The lowest BCUT2D eigenvalue weighted by molar-refractivity contribution is -0.384. The first-order chi connectivity index (χ1) is 14.5. The highest BCUT2D eigenvalue weighted by Crippen LogP contribution is 2.44. The number of ether oxygens (including phenoxy) is 5. The van der Waals surface area contributed by atoms with Crippen LogP contribution in [-0.2, 0) is 0 Å². The molecule has 30 heavy (non-hydrogen) atoms. The zero-order valence-corrected chi connectivity index (χ0v) is 17.9. The van der Waals surface area contributed by atoms with Gasteiger partial charge in [-0.3, -0.25) is 10.1 Å². The summed E-state index contributed by atoms with van der Waals surface area (Å²) in [5.41, 5.74) is 1.29. The van der Waals surface area contributed by atoms with Crippen LogP contribution in [0.1, 0.15) is 0 Å². The highest BCUT2D eigenvalue weighted by Gasteiger charge is 2.24. The topological polar surface area (TPSA) is 102 Å². The molecule has 9 nitrogen and oxygen atoms in total. The average molecular weight is 432 g/mol. The van der Waals surface area contributed by atoms with Gasteiger partial charge in [-0.2, -0.15) is 0 Å². The van der Waals surface area contributed by atoms with E-state index in [2.05, 4.69) is 4.98 Å². The molecular formula is C20H20N2O7S. The summed E-state index contributed by atoms with van der Waals surface area (Å²) in [4.78, 5) is 15.8. The molecule has 0 aliphatic rings. The van der Waals surface area contributed by atoms with Crippen LogP contribution >= 0.6 is 11.3 Å². The van der Waals surface area contributed by atoms with Gasteiger partial charge in [-0.1, -0.05) is 0 Å². The van der Waals surface area contributed by atoms with E-state index in [1.54, 1.807) is 30.7 Å². The Hall–Kier alpha value is -3.53. The van der Waals surface area contributed by atoms with Gasteiger partial charge < -0.3 is 23.7 Å². The molecule has 2 aromatic carbocycles. The predicted octanol–water partition coefficient (Wildman–Crippen LogP) is 4.43. The third-order valence-corrected chi connectivity index (χ3v) is 5.29. The molecule has 10 heteroatoms. The van der Waals surface area contributed by atoms with Crippen molar-refractivity contribution in [1.29, 1.82) is 0 Å². The fourth-order valence-corrected chi connectivity index (χ4v) is 3.78. The van der Waals surface area contributed by atoms with Crippen LogP contribution in [0.2, 0.25) is 0 Å². The average Bonchev–Trinajstić information content (AvgIpc) is 3.26. The molecule has 0 atom stereocenters. The number of hydrogen-bond donors (Lipinski definition) is 0. The Bertz CT molecular complexity index is 1080. The summed E-state index contributed by atoms with van der Waals surface area (Å²) in [5, 5.41) is 14.0. The fraction of sp³-hybridized carbons (Fsp3) is 0.250. The Morgan fingerprint density at radius 2 is 1.27 bits per heavy atom. The molecule has 0 N–H and O–H groups in total. The molecule has 0 spiro atoms. The molecule has 3 aromatic rings. The lowest BCUT2D eigenvalue weighted by Gasteiger charge is -2.12. The summed E-state index contributed by atoms with van der Waals surface area (Å²) < 4.78 is 26.6. The second-order valence-corrected chi connectivity index (χ2v) is 6.78. The van der Waals surface area contributed by atoms with Crippen molar-refractivity contribution in [3.63, 3.8) is 0 Å². The quantitative estimate of drug-likeness (QED) is 0.381. The lowest BCUT2D eigenvalue weighted by Crippen LogP contribution is -1.97. The highest BCUT2D eigenvalue weighted by molar-refractivity contribution is 7.13. The van der Waals surface area contributed by atoms with Crippen LogP contribution in [0.15, 0.2) is 29.6 Å². The molecule has 0 saturated heterocycles. The summed E-state index contributed by atoms with van der Waals surface area (Å²) in [6, 6.07) is 6.32. The van der Waals surface area contributed by atoms with Crippen LogP contribution in [0.3, 0.4) is 0 Å². The monoisotopic (exact) mass is 432 g/mol. The molecule has 0 bridgehead atoms. The van der Waals surface area contributed by atoms with Gasteiger partial charge in [0, 0.05) is 17.5 Å². The normalized spacial score (nSPS) is 10.4. The first-order valence-corrected chi connectivity index (χ1v) is 9.52.